The fraction of sp³-hybridized carbons (Fsp3) is 0.676. The Labute approximate surface area is 307 Å². The maximum atomic E-state index is 14.5. The molecule has 50 heavy (non-hydrogen) atoms. The van der Waals surface area contributed by atoms with Crippen LogP contribution in [0.2, 0.25) is 4.34 Å². The Bertz CT molecular complexity index is 1430. The maximum absolute atomic E-state index is 14.5. The standard InChI is InChI=1S/C34H50ClN5O8S2/c1-22-20-49-28-23(27(42)40(28)24(22)29(43)44)38-30(45)34(31(46)48-33(2,3)4,25-26(35)50-32(39-25)36-21-41)18-16-14-12-10-8-6-7-9-11-13-15-17-19-37-47-5/h19,21,23,28H,6-18,20H2,1-5H3,(H,38,45)(H,43,44)(H,36,39,41)/t23?,28-,34?/m0/s1. The zero-order chi connectivity index (χ0) is 36.9. The minimum Gasteiger partial charge on any atom is -0.477 e. The number of hydrogen-bond acceptors (Lipinski definition) is 11. The summed E-state index contributed by atoms with van der Waals surface area (Å²) in [5.74, 6) is -3.14. The van der Waals surface area contributed by atoms with E-state index >= 15 is 0 Å². The highest BCUT2D eigenvalue weighted by Crippen LogP contribution is 2.44. The summed E-state index contributed by atoms with van der Waals surface area (Å²) >= 11 is 8.88. The summed E-state index contributed by atoms with van der Waals surface area (Å²) in [4.78, 5) is 75.4. The predicted molar refractivity (Wildman–Crippen MR) is 195 cm³/mol. The minimum absolute atomic E-state index is 0.00532. The molecule has 278 valence electrons. The third-order valence-corrected chi connectivity index (χ3v) is 11.1. The number of β-lactam (4-membered cyclic amide) rings is 1. The molecule has 1 aromatic heterocycles. The lowest BCUT2D eigenvalue weighted by atomic mass is 9.78. The summed E-state index contributed by atoms with van der Waals surface area (Å²) in [5, 5.41) is 18.1. The van der Waals surface area contributed by atoms with Crippen LogP contribution in [0.15, 0.2) is 16.4 Å². The lowest BCUT2D eigenvalue weighted by Crippen LogP contribution is -2.72. The molecule has 2 unspecified atom stereocenters. The van der Waals surface area contributed by atoms with E-state index in [0.29, 0.717) is 24.2 Å². The van der Waals surface area contributed by atoms with Crippen LogP contribution in [-0.2, 0) is 39.0 Å². The van der Waals surface area contributed by atoms with E-state index in [1.165, 1.54) is 42.3 Å². The third kappa shape index (κ3) is 10.7. The summed E-state index contributed by atoms with van der Waals surface area (Å²) in [6, 6.07) is -1.08. The number of rotatable bonds is 22. The number of aromatic nitrogens is 1. The van der Waals surface area contributed by atoms with Crippen molar-refractivity contribution in [3.63, 3.8) is 0 Å². The molecule has 3 N–H and O–H groups in total. The Morgan fingerprint density at radius 2 is 1.66 bits per heavy atom. The summed E-state index contributed by atoms with van der Waals surface area (Å²) in [6.45, 7) is 6.70. The van der Waals surface area contributed by atoms with Crippen LogP contribution < -0.4 is 10.6 Å². The average Bonchev–Trinajstić information content (AvgIpc) is 3.42. The van der Waals surface area contributed by atoms with Crippen LogP contribution in [0.1, 0.15) is 117 Å². The van der Waals surface area contributed by atoms with Crippen molar-refractivity contribution in [1.29, 1.82) is 0 Å². The molecule has 1 fully saturated rings. The highest BCUT2D eigenvalue weighted by Gasteiger charge is 2.58. The molecule has 3 rings (SSSR count). The number of fused-ring (bicyclic) bond motifs is 1. The molecule has 3 heterocycles. The molecular formula is C34H50ClN5O8S2. The highest BCUT2D eigenvalue weighted by molar-refractivity contribution is 8.00. The normalized spacial score (nSPS) is 18.7. The predicted octanol–water partition coefficient (Wildman–Crippen LogP) is 6.41. The summed E-state index contributed by atoms with van der Waals surface area (Å²) in [6.07, 6.45) is 14.3. The van der Waals surface area contributed by atoms with Crippen LogP contribution in [0.3, 0.4) is 0 Å². The van der Waals surface area contributed by atoms with Gasteiger partial charge in [-0.2, -0.15) is 0 Å². The summed E-state index contributed by atoms with van der Waals surface area (Å²) in [7, 11) is 1.54. The number of halogens is 1. The molecule has 16 heteroatoms. The second-order valence-electron chi connectivity index (χ2n) is 13.5. The number of thiazole rings is 1. The fourth-order valence-corrected chi connectivity index (χ4v) is 8.50. The zero-order valence-corrected chi connectivity index (χ0v) is 31.9. The largest absolute Gasteiger partial charge is 0.477 e. The van der Waals surface area contributed by atoms with Crippen molar-refractivity contribution in [3.8, 4) is 0 Å². The van der Waals surface area contributed by atoms with Crippen molar-refractivity contribution < 1.29 is 38.7 Å². The number of esters is 1. The molecule has 1 saturated heterocycles. The molecule has 2 aliphatic heterocycles. The number of carbonyl (C=O) groups is 5. The van der Waals surface area contributed by atoms with Crippen molar-refractivity contribution in [2.24, 2.45) is 5.16 Å². The lowest BCUT2D eigenvalue weighted by molar-refractivity contribution is -0.167. The molecular weight excluding hydrogens is 706 g/mol. The molecule has 0 saturated carbocycles. The Morgan fingerprint density at radius 1 is 1.06 bits per heavy atom. The van der Waals surface area contributed by atoms with Gasteiger partial charge in [0.15, 0.2) is 10.5 Å². The minimum atomic E-state index is -2.04. The summed E-state index contributed by atoms with van der Waals surface area (Å²) < 4.78 is 5.85. The van der Waals surface area contributed by atoms with Crippen LogP contribution >= 0.6 is 34.7 Å². The van der Waals surface area contributed by atoms with Gasteiger partial charge < -0.3 is 25.3 Å². The number of ether oxygens (including phenoxy) is 1. The van der Waals surface area contributed by atoms with Crippen LogP contribution in [0, 0.1) is 0 Å². The molecule has 3 amide bonds. The van der Waals surface area contributed by atoms with E-state index in [1.54, 1.807) is 41.0 Å². The van der Waals surface area contributed by atoms with E-state index < -0.39 is 46.2 Å². The molecule has 2 aliphatic rings. The van der Waals surface area contributed by atoms with Gasteiger partial charge in [0.25, 0.3) is 5.91 Å². The second kappa shape index (κ2) is 19.4. The van der Waals surface area contributed by atoms with Crippen molar-refractivity contribution in [2.75, 3.05) is 18.2 Å². The number of unbranched alkanes of at least 4 members (excludes halogenated alkanes) is 11. The number of hydrogen-bond donors (Lipinski definition) is 3. The lowest BCUT2D eigenvalue weighted by Gasteiger charge is -2.49. The first-order valence-corrected chi connectivity index (χ1v) is 19.4. The number of carbonyl (C=O) groups excluding carboxylic acids is 4. The van der Waals surface area contributed by atoms with E-state index in [4.69, 9.17) is 16.3 Å². The maximum Gasteiger partial charge on any atom is 0.352 e. The van der Waals surface area contributed by atoms with Gasteiger partial charge in [0, 0.05) is 12.0 Å². The number of carboxylic acids is 1. The van der Waals surface area contributed by atoms with Crippen LogP contribution in [0.5, 0.6) is 0 Å². The number of thioether (sulfide) groups is 1. The van der Waals surface area contributed by atoms with Crippen molar-refractivity contribution in [1.82, 2.24) is 15.2 Å². The SMILES string of the molecule is CON=CCCCCCCCCCCCCCC(C(=O)NC1C(=O)N2C(C(=O)O)=C(C)CS[C@@H]12)(C(=O)OC(C)(C)C)c1nc(NC=O)sc1Cl. The van der Waals surface area contributed by atoms with Crippen molar-refractivity contribution >= 4 is 76.2 Å². The van der Waals surface area contributed by atoms with Crippen LogP contribution in [-0.4, -0.2) is 81.2 Å². The van der Waals surface area contributed by atoms with E-state index in [2.05, 4.69) is 25.6 Å². The first-order valence-electron chi connectivity index (χ1n) is 17.1. The van der Waals surface area contributed by atoms with Crippen molar-refractivity contribution in [2.45, 2.75) is 134 Å². The Kier molecular flexibility index (Phi) is 16.0. The average molecular weight is 756 g/mol. The van der Waals surface area contributed by atoms with E-state index in [1.807, 2.05) is 0 Å². The topological polar surface area (TPSA) is 177 Å². The van der Waals surface area contributed by atoms with Crippen LogP contribution in [0.4, 0.5) is 5.13 Å². The van der Waals surface area contributed by atoms with Gasteiger partial charge in [-0.3, -0.25) is 24.1 Å². The van der Waals surface area contributed by atoms with Gasteiger partial charge in [-0.1, -0.05) is 92.3 Å². The van der Waals surface area contributed by atoms with Crippen molar-refractivity contribution in [3.05, 3.63) is 21.3 Å². The van der Waals surface area contributed by atoms with Gasteiger partial charge in [-0.25, -0.2) is 9.78 Å². The van der Waals surface area contributed by atoms with Crippen LogP contribution in [0.25, 0.3) is 0 Å². The molecule has 0 spiro atoms. The molecule has 0 aliphatic carbocycles. The first-order chi connectivity index (χ1) is 23.8. The molecule has 0 aromatic carbocycles. The first kappa shape index (κ1) is 41.3. The molecule has 13 nitrogen and oxygen atoms in total. The number of amides is 3. The Balaban J connectivity index is 1.72. The molecule has 0 radical (unpaired) electrons. The third-order valence-electron chi connectivity index (χ3n) is 8.52. The number of carboxylic acid groups (broad SMARTS) is 1. The number of anilines is 1. The van der Waals surface area contributed by atoms with Gasteiger partial charge >= 0.3 is 11.9 Å². The zero-order valence-electron chi connectivity index (χ0n) is 29.5. The number of aliphatic carboxylic acids is 1. The molecule has 1 aromatic rings. The molecule has 0 bridgehead atoms. The van der Waals surface area contributed by atoms with Gasteiger partial charge in [0.05, 0.1) is 5.69 Å². The number of nitrogens with zero attached hydrogens (tertiary/aromatic N) is 3. The van der Waals surface area contributed by atoms with Gasteiger partial charge in [-0.05, 0) is 52.5 Å². The Morgan fingerprint density at radius 3 is 2.22 bits per heavy atom. The van der Waals surface area contributed by atoms with E-state index in [-0.39, 0.29) is 27.3 Å². The monoisotopic (exact) mass is 755 g/mol. The quantitative estimate of drug-likeness (QED) is 0.0228. The van der Waals surface area contributed by atoms with Gasteiger partial charge in [0.2, 0.25) is 12.3 Å². The summed E-state index contributed by atoms with van der Waals surface area (Å²) in [5.41, 5.74) is -2.63. The number of oxime groups is 1. The highest BCUT2D eigenvalue weighted by atomic mass is 35.5. The smallest absolute Gasteiger partial charge is 0.352 e. The number of nitrogens with one attached hydrogen (secondary N) is 2. The second-order valence-corrected chi connectivity index (χ2v) is 16.2. The van der Waals surface area contributed by atoms with Gasteiger partial charge in [0.1, 0.15) is 34.2 Å². The molecule has 3 atom stereocenters. The van der Waals surface area contributed by atoms with Gasteiger partial charge in [-0.15, -0.1) is 11.8 Å². The van der Waals surface area contributed by atoms with E-state index in [0.717, 1.165) is 56.3 Å². The van der Waals surface area contributed by atoms with E-state index in [9.17, 15) is 29.1 Å². The Hall–Kier alpha value is -3.17. The fourth-order valence-electron chi connectivity index (χ4n) is 6.06.